The number of hydrogen-bond donors (Lipinski definition) is 0. The highest BCUT2D eigenvalue weighted by Crippen LogP contribution is 2.24. The van der Waals surface area contributed by atoms with Crippen molar-refractivity contribution in [2.45, 2.75) is 11.4 Å². The molecule has 0 N–H and O–H groups in total. The van der Waals surface area contributed by atoms with E-state index in [0.717, 1.165) is 23.7 Å². The summed E-state index contributed by atoms with van der Waals surface area (Å²) in [5, 5.41) is 3.75. The molecule has 2 aromatic rings. The molecule has 1 saturated heterocycles. The normalized spacial score (nSPS) is 17.3. The third-order valence-corrected chi connectivity index (χ3v) is 6.91. The topological polar surface area (TPSA) is 66.4 Å². The molecule has 1 aliphatic heterocycles. The Labute approximate surface area is 153 Å². The van der Waals surface area contributed by atoms with E-state index in [4.69, 9.17) is 23.2 Å². The maximum atomic E-state index is 13.2. The molecule has 1 aromatic heterocycles. The van der Waals surface area contributed by atoms with Crippen LogP contribution in [0.2, 0.25) is 9.36 Å². The first-order valence-corrected chi connectivity index (χ1v) is 9.99. The van der Waals surface area contributed by atoms with Gasteiger partial charge in [0.2, 0.25) is 10.0 Å². The quantitative estimate of drug-likeness (QED) is 0.774. The summed E-state index contributed by atoms with van der Waals surface area (Å²) in [7, 11) is -3.69. The number of rotatable bonds is 4. The van der Waals surface area contributed by atoms with Gasteiger partial charge in [-0.2, -0.15) is 4.31 Å². The summed E-state index contributed by atoms with van der Waals surface area (Å²) < 4.78 is 44.1. The summed E-state index contributed by atoms with van der Waals surface area (Å²) in [6.07, 6.45) is 0. The van der Waals surface area contributed by atoms with Crippen LogP contribution in [0.25, 0.3) is 0 Å². The first-order valence-electron chi connectivity index (χ1n) is 7.02. The molecule has 0 bridgehead atoms. The standard InChI is InChI=1S/C13H13Cl2FN4O2S2/c14-10-7-9(1-2-11(10)16)24(21,22)20-5-3-19(4-6-20)8-12-13(15)23-18-17-12/h1-2,7H,3-6,8H2. The smallest absolute Gasteiger partial charge is 0.243 e. The van der Waals surface area contributed by atoms with Crippen LogP contribution in [0.5, 0.6) is 0 Å². The Morgan fingerprint density at radius 1 is 1.21 bits per heavy atom. The van der Waals surface area contributed by atoms with Crippen molar-refractivity contribution in [3.8, 4) is 0 Å². The predicted octanol–water partition coefficient (Wildman–Crippen LogP) is 2.49. The number of nitrogens with zero attached hydrogens (tertiary/aromatic N) is 4. The van der Waals surface area contributed by atoms with Gasteiger partial charge in [0.15, 0.2) is 0 Å². The van der Waals surface area contributed by atoms with E-state index in [1.54, 1.807) is 0 Å². The van der Waals surface area contributed by atoms with Gasteiger partial charge in [-0.1, -0.05) is 27.7 Å². The zero-order valence-corrected chi connectivity index (χ0v) is 15.5. The first kappa shape index (κ1) is 18.0. The fraction of sp³-hybridized carbons (Fsp3) is 0.385. The molecular weight excluding hydrogens is 398 g/mol. The fourth-order valence-corrected chi connectivity index (χ4v) is 4.72. The largest absolute Gasteiger partial charge is 0.295 e. The van der Waals surface area contributed by atoms with Gasteiger partial charge in [0.25, 0.3) is 0 Å². The molecule has 0 spiro atoms. The van der Waals surface area contributed by atoms with Gasteiger partial charge < -0.3 is 0 Å². The minimum absolute atomic E-state index is 0.00547. The highest BCUT2D eigenvalue weighted by molar-refractivity contribution is 7.89. The lowest BCUT2D eigenvalue weighted by atomic mass is 10.3. The Bertz CT molecular complexity index is 838. The number of piperazine rings is 1. The van der Waals surface area contributed by atoms with E-state index in [1.807, 2.05) is 0 Å². The van der Waals surface area contributed by atoms with Crippen LogP contribution in [-0.2, 0) is 16.6 Å². The van der Waals surface area contributed by atoms with Crippen LogP contribution in [-0.4, -0.2) is 53.4 Å². The molecule has 1 fully saturated rings. The summed E-state index contributed by atoms with van der Waals surface area (Å²) in [6, 6.07) is 3.42. The average Bonchev–Trinajstić information content (AvgIpc) is 2.95. The minimum Gasteiger partial charge on any atom is -0.295 e. The van der Waals surface area contributed by atoms with Crippen molar-refractivity contribution in [1.82, 2.24) is 18.8 Å². The number of sulfonamides is 1. The van der Waals surface area contributed by atoms with Gasteiger partial charge >= 0.3 is 0 Å². The Balaban J connectivity index is 1.67. The Morgan fingerprint density at radius 2 is 1.92 bits per heavy atom. The van der Waals surface area contributed by atoms with E-state index in [1.165, 1.54) is 10.4 Å². The summed E-state index contributed by atoms with van der Waals surface area (Å²) in [4.78, 5) is 2.06. The van der Waals surface area contributed by atoms with Gasteiger partial charge in [-0.15, -0.1) is 5.10 Å². The van der Waals surface area contributed by atoms with Crippen LogP contribution in [0.15, 0.2) is 23.1 Å². The van der Waals surface area contributed by atoms with Gasteiger partial charge in [0.05, 0.1) is 9.92 Å². The van der Waals surface area contributed by atoms with Crippen LogP contribution in [0.4, 0.5) is 4.39 Å². The van der Waals surface area contributed by atoms with Crippen LogP contribution in [0.3, 0.4) is 0 Å². The third kappa shape index (κ3) is 3.71. The number of halogens is 3. The van der Waals surface area contributed by atoms with Crippen LogP contribution < -0.4 is 0 Å². The number of benzene rings is 1. The second kappa shape index (κ2) is 7.19. The van der Waals surface area contributed by atoms with Crippen molar-refractivity contribution in [1.29, 1.82) is 0 Å². The molecule has 1 aliphatic rings. The molecule has 0 atom stereocenters. The lowest BCUT2D eigenvalue weighted by Crippen LogP contribution is -2.48. The molecule has 2 heterocycles. The SMILES string of the molecule is O=S(=O)(c1ccc(F)c(Cl)c1)N1CCN(Cc2nnsc2Cl)CC1. The maximum absolute atomic E-state index is 13.2. The lowest BCUT2D eigenvalue weighted by molar-refractivity contribution is 0.180. The van der Waals surface area contributed by atoms with Gasteiger partial charge in [-0.25, -0.2) is 12.8 Å². The van der Waals surface area contributed by atoms with Gasteiger partial charge in [0, 0.05) is 44.3 Å². The van der Waals surface area contributed by atoms with E-state index < -0.39 is 15.8 Å². The van der Waals surface area contributed by atoms with Crippen molar-refractivity contribution in [2.24, 2.45) is 0 Å². The summed E-state index contributed by atoms with van der Waals surface area (Å²) in [6.45, 7) is 2.27. The van der Waals surface area contributed by atoms with Crippen molar-refractivity contribution in [3.05, 3.63) is 39.1 Å². The van der Waals surface area contributed by atoms with E-state index in [-0.39, 0.29) is 9.92 Å². The second-order valence-corrected chi connectivity index (χ2v) is 8.95. The summed E-state index contributed by atoms with van der Waals surface area (Å²) in [5.41, 5.74) is 0.697. The highest BCUT2D eigenvalue weighted by atomic mass is 35.5. The van der Waals surface area contributed by atoms with Crippen LogP contribution in [0.1, 0.15) is 5.69 Å². The Hall–Kier alpha value is -0.840. The molecule has 3 rings (SSSR count). The fourth-order valence-electron chi connectivity index (χ4n) is 2.42. The zero-order chi connectivity index (χ0) is 17.3. The van der Waals surface area contributed by atoms with Crippen molar-refractivity contribution < 1.29 is 12.8 Å². The molecule has 0 radical (unpaired) electrons. The van der Waals surface area contributed by atoms with E-state index >= 15 is 0 Å². The third-order valence-electron chi connectivity index (χ3n) is 3.74. The van der Waals surface area contributed by atoms with E-state index in [0.29, 0.717) is 42.8 Å². The number of hydrogen-bond acceptors (Lipinski definition) is 6. The second-order valence-electron chi connectivity index (χ2n) is 5.25. The minimum atomic E-state index is -3.69. The van der Waals surface area contributed by atoms with E-state index in [9.17, 15) is 12.8 Å². The first-order chi connectivity index (χ1) is 11.4. The Morgan fingerprint density at radius 3 is 2.50 bits per heavy atom. The monoisotopic (exact) mass is 410 g/mol. The molecule has 11 heteroatoms. The predicted molar refractivity (Wildman–Crippen MR) is 90.4 cm³/mol. The van der Waals surface area contributed by atoms with Crippen molar-refractivity contribution in [2.75, 3.05) is 26.2 Å². The molecule has 0 saturated carbocycles. The van der Waals surface area contributed by atoms with Crippen LogP contribution >= 0.6 is 34.7 Å². The molecule has 0 unspecified atom stereocenters. The van der Waals surface area contributed by atoms with E-state index in [2.05, 4.69) is 14.5 Å². The van der Waals surface area contributed by atoms with Crippen molar-refractivity contribution >= 4 is 44.8 Å². The van der Waals surface area contributed by atoms with Gasteiger partial charge in [-0.05, 0) is 18.2 Å². The average molecular weight is 411 g/mol. The molecule has 24 heavy (non-hydrogen) atoms. The summed E-state index contributed by atoms with van der Waals surface area (Å²) >= 11 is 12.8. The molecule has 130 valence electrons. The number of aromatic nitrogens is 2. The van der Waals surface area contributed by atoms with Gasteiger partial charge in [0.1, 0.15) is 15.8 Å². The highest BCUT2D eigenvalue weighted by Gasteiger charge is 2.29. The molecule has 1 aromatic carbocycles. The van der Waals surface area contributed by atoms with Crippen molar-refractivity contribution in [3.63, 3.8) is 0 Å². The Kier molecular flexibility index (Phi) is 5.38. The molecular formula is C13H13Cl2FN4O2S2. The maximum Gasteiger partial charge on any atom is 0.243 e. The molecule has 0 amide bonds. The molecule has 6 nitrogen and oxygen atoms in total. The molecule has 0 aliphatic carbocycles. The lowest BCUT2D eigenvalue weighted by Gasteiger charge is -2.33. The van der Waals surface area contributed by atoms with Gasteiger partial charge in [-0.3, -0.25) is 4.90 Å². The summed E-state index contributed by atoms with van der Waals surface area (Å²) in [5.74, 6) is -0.644. The zero-order valence-electron chi connectivity index (χ0n) is 12.3. The van der Waals surface area contributed by atoms with Crippen LogP contribution in [0, 0.1) is 5.82 Å².